The number of hydroxylamine groups is 1. The van der Waals surface area contributed by atoms with Crippen molar-refractivity contribution in [3.63, 3.8) is 0 Å². The number of nitrogens with one attached hydrogen (secondary N) is 1. The lowest BCUT2D eigenvalue weighted by molar-refractivity contribution is 0.229. The summed E-state index contributed by atoms with van der Waals surface area (Å²) in [6.07, 6.45) is 3.52. The Labute approximate surface area is 58.4 Å². The van der Waals surface area contributed by atoms with Crippen LogP contribution in [0, 0.1) is 0 Å². The number of rotatable bonds is 0. The van der Waals surface area contributed by atoms with Gasteiger partial charge < -0.3 is 4.84 Å². The van der Waals surface area contributed by atoms with Crippen molar-refractivity contribution < 1.29 is 4.84 Å². The third-order valence-electron chi connectivity index (χ3n) is 1.46. The van der Waals surface area contributed by atoms with E-state index in [1.54, 1.807) is 6.26 Å². The molecule has 0 unspecified atom stereocenters. The van der Waals surface area contributed by atoms with E-state index in [2.05, 4.69) is 5.48 Å². The Kier molecular flexibility index (Phi) is 1.10. The topological polar surface area (TPSA) is 21.3 Å². The molecule has 0 amide bonds. The van der Waals surface area contributed by atoms with E-state index in [9.17, 15) is 0 Å². The first kappa shape index (κ1) is 5.35. The molecule has 50 valence electrons. The Morgan fingerprint density at radius 2 is 1.90 bits per heavy atom. The minimum atomic E-state index is 1.11. The van der Waals surface area contributed by atoms with Crippen LogP contribution in [0.25, 0.3) is 12.5 Å². The fourth-order valence-electron chi connectivity index (χ4n) is 0.945. The highest BCUT2D eigenvalue weighted by molar-refractivity contribution is 5.29. The van der Waals surface area contributed by atoms with Crippen LogP contribution in [0.2, 0.25) is 0 Å². The van der Waals surface area contributed by atoms with Crippen molar-refractivity contribution in [2.75, 3.05) is 0 Å². The molecule has 2 rings (SSSR count). The zero-order valence-corrected chi connectivity index (χ0v) is 5.37. The Hall–Kier alpha value is -1.44. The number of fused-ring (bicyclic) bond motifs is 1. The Morgan fingerprint density at radius 3 is 2.70 bits per heavy atom. The quantitative estimate of drug-likeness (QED) is 0.524. The van der Waals surface area contributed by atoms with E-state index in [4.69, 9.17) is 4.84 Å². The predicted molar refractivity (Wildman–Crippen MR) is 38.8 cm³/mol. The van der Waals surface area contributed by atoms with Crippen LogP contribution in [0.1, 0.15) is 0 Å². The lowest BCUT2D eigenvalue weighted by atomic mass is 10.2. The monoisotopic (exact) mass is 133 g/mol. The lowest BCUT2D eigenvalue weighted by Gasteiger charge is -2.02. The molecule has 0 atom stereocenters. The van der Waals surface area contributed by atoms with Gasteiger partial charge in [0.1, 0.15) is 6.26 Å². The molecule has 1 aliphatic heterocycles. The van der Waals surface area contributed by atoms with Gasteiger partial charge in [-0.3, -0.25) is 0 Å². The second-order valence-electron chi connectivity index (χ2n) is 2.13. The molecule has 0 radical (unpaired) electrons. The smallest absolute Gasteiger partial charge is 0.127 e. The molecule has 0 spiro atoms. The van der Waals surface area contributed by atoms with Gasteiger partial charge in [-0.2, -0.15) is 0 Å². The molecule has 2 heteroatoms. The highest BCUT2D eigenvalue weighted by Crippen LogP contribution is 1.76. The summed E-state index contributed by atoms with van der Waals surface area (Å²) >= 11 is 0. The van der Waals surface area contributed by atoms with Gasteiger partial charge in [-0.25, -0.2) is 5.48 Å². The zero-order chi connectivity index (χ0) is 6.81. The molecule has 0 saturated carbocycles. The number of hydrogen-bond acceptors (Lipinski definition) is 2. The van der Waals surface area contributed by atoms with E-state index in [0.717, 1.165) is 10.4 Å². The fourth-order valence-corrected chi connectivity index (χ4v) is 0.945. The van der Waals surface area contributed by atoms with Crippen LogP contribution in [-0.2, 0) is 4.84 Å². The number of hydrogen-bond donors (Lipinski definition) is 1. The molecule has 0 aliphatic carbocycles. The standard InChI is InChI=1S/C8H7NO/c1-2-4-8-6-10-9-5-7(8)3-1/h1-6,9H. The minimum absolute atomic E-state index is 1.11. The molecular formula is C8H7NO. The van der Waals surface area contributed by atoms with Crippen LogP contribution in [0.15, 0.2) is 24.3 Å². The molecule has 2 nitrogen and oxygen atoms in total. The van der Waals surface area contributed by atoms with E-state index in [-0.39, 0.29) is 0 Å². The zero-order valence-electron chi connectivity index (χ0n) is 5.37. The van der Waals surface area contributed by atoms with Crippen LogP contribution in [0.4, 0.5) is 0 Å². The van der Waals surface area contributed by atoms with Crippen LogP contribution in [0.3, 0.4) is 0 Å². The van der Waals surface area contributed by atoms with E-state index in [1.165, 1.54) is 0 Å². The third kappa shape index (κ3) is 0.739. The maximum absolute atomic E-state index is 4.87. The lowest BCUT2D eigenvalue weighted by Crippen LogP contribution is -2.31. The van der Waals surface area contributed by atoms with Gasteiger partial charge >= 0.3 is 0 Å². The second-order valence-corrected chi connectivity index (χ2v) is 2.13. The van der Waals surface area contributed by atoms with Crippen molar-refractivity contribution >= 4 is 12.5 Å². The van der Waals surface area contributed by atoms with Gasteiger partial charge in [-0.1, -0.05) is 24.3 Å². The molecule has 1 N–H and O–H groups in total. The van der Waals surface area contributed by atoms with Gasteiger partial charge in [0.25, 0.3) is 0 Å². The molecule has 1 aromatic carbocycles. The second kappa shape index (κ2) is 2.06. The van der Waals surface area contributed by atoms with E-state index < -0.39 is 0 Å². The number of benzene rings is 1. The predicted octanol–water partition coefficient (Wildman–Crippen LogP) is -0.303. The van der Waals surface area contributed by atoms with Crippen molar-refractivity contribution in [3.05, 3.63) is 34.7 Å². The van der Waals surface area contributed by atoms with Crippen molar-refractivity contribution in [1.82, 2.24) is 5.48 Å². The summed E-state index contributed by atoms with van der Waals surface area (Å²) in [5, 5.41) is 2.27. The summed E-state index contributed by atoms with van der Waals surface area (Å²) in [6, 6.07) is 8.02. The summed E-state index contributed by atoms with van der Waals surface area (Å²) in [7, 11) is 0. The molecule has 0 bridgehead atoms. The first-order valence-electron chi connectivity index (χ1n) is 3.13. The van der Waals surface area contributed by atoms with Crippen molar-refractivity contribution in [3.8, 4) is 0 Å². The summed E-state index contributed by atoms with van der Waals surface area (Å²) < 4.78 is 0. The molecule has 1 aromatic rings. The van der Waals surface area contributed by atoms with Gasteiger partial charge in [0, 0.05) is 16.6 Å². The van der Waals surface area contributed by atoms with Crippen LogP contribution >= 0.6 is 0 Å². The molecule has 0 aromatic heterocycles. The summed E-state index contributed by atoms with van der Waals surface area (Å²) in [5.74, 6) is 0. The van der Waals surface area contributed by atoms with E-state index in [1.807, 2.05) is 30.5 Å². The third-order valence-corrected chi connectivity index (χ3v) is 1.46. The molecule has 1 aliphatic rings. The molecule has 0 fully saturated rings. The van der Waals surface area contributed by atoms with Crippen molar-refractivity contribution in [2.24, 2.45) is 0 Å². The Bertz CT molecular complexity index is 308. The first-order chi connectivity index (χ1) is 4.97. The average molecular weight is 133 g/mol. The highest BCUT2D eigenvalue weighted by atomic mass is 16.6. The Balaban J connectivity index is 2.84. The molecule has 10 heavy (non-hydrogen) atoms. The Morgan fingerprint density at radius 1 is 1.10 bits per heavy atom. The van der Waals surface area contributed by atoms with Gasteiger partial charge in [-0.15, -0.1) is 0 Å². The summed E-state index contributed by atoms with van der Waals surface area (Å²) in [4.78, 5) is 4.87. The van der Waals surface area contributed by atoms with Gasteiger partial charge in [-0.05, 0) is 0 Å². The molecule has 0 saturated heterocycles. The minimum Gasteiger partial charge on any atom is -0.390 e. The van der Waals surface area contributed by atoms with Gasteiger partial charge in [0.2, 0.25) is 0 Å². The molecular weight excluding hydrogens is 126 g/mol. The summed E-state index contributed by atoms with van der Waals surface area (Å²) in [6.45, 7) is 0. The SMILES string of the molecule is C1=c2ccccc2=CON1. The van der Waals surface area contributed by atoms with Crippen LogP contribution in [0.5, 0.6) is 0 Å². The van der Waals surface area contributed by atoms with E-state index in [0.29, 0.717) is 0 Å². The van der Waals surface area contributed by atoms with Crippen LogP contribution in [-0.4, -0.2) is 0 Å². The van der Waals surface area contributed by atoms with Crippen molar-refractivity contribution in [1.29, 1.82) is 0 Å². The molecule has 1 heterocycles. The maximum Gasteiger partial charge on any atom is 0.127 e. The average Bonchev–Trinajstić information content (AvgIpc) is 2.05. The largest absolute Gasteiger partial charge is 0.390 e. The summed E-state index contributed by atoms with van der Waals surface area (Å²) in [5.41, 5.74) is 2.66. The first-order valence-corrected chi connectivity index (χ1v) is 3.13. The van der Waals surface area contributed by atoms with Crippen molar-refractivity contribution in [2.45, 2.75) is 0 Å². The normalized spacial score (nSPS) is 13.2. The van der Waals surface area contributed by atoms with Gasteiger partial charge in [0.05, 0.1) is 0 Å². The van der Waals surface area contributed by atoms with Gasteiger partial charge in [0.15, 0.2) is 0 Å². The highest BCUT2D eigenvalue weighted by Gasteiger charge is 1.87. The fraction of sp³-hybridized carbons (Fsp3) is 0. The van der Waals surface area contributed by atoms with Crippen LogP contribution < -0.4 is 15.9 Å². The van der Waals surface area contributed by atoms with E-state index >= 15 is 0 Å². The maximum atomic E-state index is 4.87.